The Hall–Kier alpha value is -2.33. The molecule has 5 heteroatoms. The average Bonchev–Trinajstić information content (AvgIpc) is 2.55. The zero-order valence-electron chi connectivity index (χ0n) is 11.8. The summed E-state index contributed by atoms with van der Waals surface area (Å²) in [6.07, 6.45) is 0.451. The summed E-state index contributed by atoms with van der Waals surface area (Å²) in [6, 6.07) is 15.2. The van der Waals surface area contributed by atoms with Crippen LogP contribution < -0.4 is 10.3 Å². The molecule has 2 aliphatic heterocycles. The Labute approximate surface area is 133 Å². The molecule has 22 heavy (non-hydrogen) atoms. The number of anilines is 2. The highest BCUT2D eigenvalue weighted by atomic mass is 35.5. The molecule has 1 atom stereocenters. The van der Waals surface area contributed by atoms with E-state index in [1.54, 1.807) is 0 Å². The Kier molecular flexibility index (Phi) is 3.12. The lowest BCUT2D eigenvalue weighted by Gasteiger charge is -2.34. The number of hydrazone groups is 1. The van der Waals surface area contributed by atoms with Gasteiger partial charge in [0, 0.05) is 35.2 Å². The monoisotopic (exact) mass is 311 g/mol. The summed E-state index contributed by atoms with van der Waals surface area (Å²) in [5.41, 5.74) is 3.72. The molecular formula is C17H14ClN3O. The van der Waals surface area contributed by atoms with Crippen LogP contribution in [0.5, 0.6) is 0 Å². The number of carbonyl (C=O) groups is 1. The van der Waals surface area contributed by atoms with Crippen LogP contribution in [0.3, 0.4) is 0 Å². The summed E-state index contributed by atoms with van der Waals surface area (Å²) < 4.78 is 0. The smallest absolute Gasteiger partial charge is 0.248 e. The quantitative estimate of drug-likeness (QED) is 0.875. The van der Waals surface area contributed by atoms with E-state index in [0.29, 0.717) is 11.4 Å². The summed E-state index contributed by atoms with van der Waals surface area (Å²) in [5.74, 6) is 0.116. The van der Waals surface area contributed by atoms with Gasteiger partial charge in [0.25, 0.3) is 0 Å². The second-order valence-corrected chi connectivity index (χ2v) is 5.93. The van der Waals surface area contributed by atoms with Gasteiger partial charge in [-0.2, -0.15) is 5.10 Å². The average molecular weight is 312 g/mol. The topological polar surface area (TPSA) is 44.7 Å². The summed E-state index contributed by atoms with van der Waals surface area (Å²) in [7, 11) is 0. The van der Waals surface area contributed by atoms with Gasteiger partial charge in [0.15, 0.2) is 0 Å². The van der Waals surface area contributed by atoms with Crippen LogP contribution in [0.15, 0.2) is 53.6 Å². The van der Waals surface area contributed by atoms with Gasteiger partial charge in [-0.3, -0.25) is 4.79 Å². The summed E-state index contributed by atoms with van der Waals surface area (Å²) in [5, 5.41) is 10.2. The SMILES string of the molecule is O=C1CC2CNc3ccc(Cl)cc3C2=NN1c1ccccc1. The van der Waals surface area contributed by atoms with Crippen molar-refractivity contribution in [2.24, 2.45) is 11.0 Å². The van der Waals surface area contributed by atoms with Crippen molar-refractivity contribution < 1.29 is 4.79 Å². The molecular weight excluding hydrogens is 298 g/mol. The van der Waals surface area contributed by atoms with Gasteiger partial charge in [-0.1, -0.05) is 29.8 Å². The van der Waals surface area contributed by atoms with Crippen LogP contribution in [-0.4, -0.2) is 18.2 Å². The maximum Gasteiger partial charge on any atom is 0.248 e. The van der Waals surface area contributed by atoms with E-state index in [9.17, 15) is 4.79 Å². The predicted octanol–water partition coefficient (Wildman–Crippen LogP) is 3.52. The van der Waals surface area contributed by atoms with Crippen molar-refractivity contribution in [3.8, 4) is 0 Å². The Bertz CT molecular complexity index is 773. The molecule has 1 N–H and O–H groups in total. The maximum atomic E-state index is 12.4. The zero-order chi connectivity index (χ0) is 15.1. The third-order valence-electron chi connectivity index (χ3n) is 4.05. The highest BCUT2D eigenvalue weighted by Crippen LogP contribution is 2.33. The first-order valence-corrected chi connectivity index (χ1v) is 7.60. The van der Waals surface area contributed by atoms with E-state index < -0.39 is 0 Å². The van der Waals surface area contributed by atoms with Crippen molar-refractivity contribution in [2.75, 3.05) is 16.9 Å². The summed E-state index contributed by atoms with van der Waals surface area (Å²) in [6.45, 7) is 0.724. The first-order valence-electron chi connectivity index (χ1n) is 7.22. The molecule has 0 saturated carbocycles. The molecule has 0 saturated heterocycles. The highest BCUT2D eigenvalue weighted by Gasteiger charge is 2.34. The molecule has 4 nitrogen and oxygen atoms in total. The molecule has 4 rings (SSSR count). The van der Waals surface area contributed by atoms with Crippen molar-refractivity contribution in [3.63, 3.8) is 0 Å². The molecule has 2 aromatic rings. The van der Waals surface area contributed by atoms with Crippen LogP contribution in [0, 0.1) is 5.92 Å². The van der Waals surface area contributed by atoms with Crippen LogP contribution >= 0.6 is 11.6 Å². The van der Waals surface area contributed by atoms with Gasteiger partial charge in [-0.05, 0) is 30.3 Å². The van der Waals surface area contributed by atoms with Crippen LogP contribution in [0.2, 0.25) is 5.02 Å². The maximum absolute atomic E-state index is 12.4. The third-order valence-corrected chi connectivity index (χ3v) is 4.28. The van der Waals surface area contributed by atoms with E-state index in [4.69, 9.17) is 11.6 Å². The molecule has 0 bridgehead atoms. The molecule has 0 aromatic heterocycles. The number of para-hydroxylation sites is 1. The number of nitrogens with one attached hydrogen (secondary N) is 1. The fourth-order valence-corrected chi connectivity index (χ4v) is 3.14. The molecule has 1 unspecified atom stereocenters. The van der Waals surface area contributed by atoms with E-state index >= 15 is 0 Å². The number of rotatable bonds is 1. The molecule has 0 aliphatic carbocycles. The van der Waals surface area contributed by atoms with E-state index in [1.807, 2.05) is 48.5 Å². The minimum absolute atomic E-state index is 0.0206. The Morgan fingerprint density at radius 3 is 2.82 bits per heavy atom. The highest BCUT2D eigenvalue weighted by molar-refractivity contribution is 6.31. The molecule has 0 radical (unpaired) electrons. The number of hydrogen-bond donors (Lipinski definition) is 1. The van der Waals surface area contributed by atoms with Gasteiger partial charge in [-0.25, -0.2) is 5.01 Å². The van der Waals surface area contributed by atoms with Crippen LogP contribution in [0.4, 0.5) is 11.4 Å². The molecule has 2 heterocycles. The van der Waals surface area contributed by atoms with Crippen molar-refractivity contribution in [1.29, 1.82) is 0 Å². The number of hydrogen-bond acceptors (Lipinski definition) is 3. The number of nitrogens with zero attached hydrogens (tertiary/aromatic N) is 2. The zero-order valence-corrected chi connectivity index (χ0v) is 12.5. The predicted molar refractivity (Wildman–Crippen MR) is 88.5 cm³/mol. The number of fused-ring (bicyclic) bond motifs is 3. The molecule has 0 spiro atoms. The van der Waals surface area contributed by atoms with Crippen LogP contribution in [0.25, 0.3) is 0 Å². The fourth-order valence-electron chi connectivity index (χ4n) is 2.97. The fraction of sp³-hybridized carbons (Fsp3) is 0.176. The Morgan fingerprint density at radius 1 is 1.18 bits per heavy atom. The van der Waals surface area contributed by atoms with Crippen molar-refractivity contribution in [3.05, 3.63) is 59.1 Å². The van der Waals surface area contributed by atoms with Crippen molar-refractivity contribution in [2.45, 2.75) is 6.42 Å². The third kappa shape index (κ3) is 2.16. The second kappa shape index (κ2) is 5.14. The lowest BCUT2D eigenvalue weighted by molar-refractivity contribution is -0.119. The van der Waals surface area contributed by atoms with Crippen LogP contribution in [0.1, 0.15) is 12.0 Å². The molecule has 2 aliphatic rings. The van der Waals surface area contributed by atoms with E-state index in [1.165, 1.54) is 5.01 Å². The van der Waals surface area contributed by atoms with Crippen LogP contribution in [-0.2, 0) is 4.79 Å². The van der Waals surface area contributed by atoms with Gasteiger partial charge < -0.3 is 5.32 Å². The minimum Gasteiger partial charge on any atom is -0.384 e. The first kappa shape index (κ1) is 13.3. The molecule has 1 amide bonds. The minimum atomic E-state index is 0.0206. The Morgan fingerprint density at radius 2 is 2.00 bits per heavy atom. The second-order valence-electron chi connectivity index (χ2n) is 5.50. The standard InChI is InChI=1S/C17H14ClN3O/c18-12-6-7-15-14(9-12)17-11(10-19-15)8-16(22)21(20-17)13-4-2-1-3-5-13/h1-7,9,11,19H,8,10H2. The van der Waals surface area contributed by atoms with Gasteiger partial charge in [0.1, 0.15) is 0 Å². The van der Waals surface area contributed by atoms with Gasteiger partial charge >= 0.3 is 0 Å². The molecule has 2 aromatic carbocycles. The van der Waals surface area contributed by atoms with Crippen molar-refractivity contribution >= 4 is 34.6 Å². The summed E-state index contributed by atoms with van der Waals surface area (Å²) >= 11 is 6.13. The van der Waals surface area contributed by atoms with E-state index in [-0.39, 0.29) is 11.8 Å². The molecule has 110 valence electrons. The lowest BCUT2D eigenvalue weighted by Crippen LogP contribution is -2.42. The normalized spacial score (nSPS) is 19.9. The number of halogens is 1. The van der Waals surface area contributed by atoms with E-state index in [0.717, 1.165) is 29.2 Å². The number of benzene rings is 2. The number of carbonyl (C=O) groups excluding carboxylic acids is 1. The lowest BCUT2D eigenvalue weighted by atomic mass is 9.88. The number of amides is 1. The first-order chi connectivity index (χ1) is 10.7. The van der Waals surface area contributed by atoms with Gasteiger partial charge in [-0.15, -0.1) is 0 Å². The van der Waals surface area contributed by atoms with Gasteiger partial charge in [0.2, 0.25) is 5.91 Å². The largest absolute Gasteiger partial charge is 0.384 e. The van der Waals surface area contributed by atoms with Gasteiger partial charge in [0.05, 0.1) is 11.4 Å². The summed E-state index contributed by atoms with van der Waals surface area (Å²) in [4.78, 5) is 12.4. The van der Waals surface area contributed by atoms with Crippen molar-refractivity contribution in [1.82, 2.24) is 0 Å². The van der Waals surface area contributed by atoms with E-state index in [2.05, 4.69) is 10.4 Å². The Balaban J connectivity index is 1.83. The molecule has 0 fully saturated rings.